The minimum atomic E-state index is -1.56. The van der Waals surface area contributed by atoms with Gasteiger partial charge in [-0.2, -0.15) is 15.8 Å². The molecule has 2 atom stereocenters. The first-order valence-electron chi connectivity index (χ1n) is 6.89. The van der Waals surface area contributed by atoms with Gasteiger partial charge in [-0.15, -0.1) is 11.8 Å². The highest BCUT2D eigenvalue weighted by Crippen LogP contribution is 2.55. The van der Waals surface area contributed by atoms with Crippen LogP contribution in [0.3, 0.4) is 0 Å². The summed E-state index contributed by atoms with van der Waals surface area (Å²) in [6.45, 7) is 0. The van der Waals surface area contributed by atoms with Crippen molar-refractivity contribution in [2.75, 3.05) is 5.75 Å². The van der Waals surface area contributed by atoms with Crippen molar-refractivity contribution < 1.29 is 0 Å². The van der Waals surface area contributed by atoms with Gasteiger partial charge in [-0.3, -0.25) is 0 Å². The van der Waals surface area contributed by atoms with Crippen molar-refractivity contribution in [3.8, 4) is 18.2 Å². The standard InChI is InChI=1S/C17H11ClN4S/c18-11-3-1-10(2-4-11)14-15-12(5-6-23-15)13(7-19)16(22)17(14,8-20)9-21/h1-5,14-15H,6,22H2/t14-,15+/m0/s1. The Labute approximate surface area is 143 Å². The summed E-state index contributed by atoms with van der Waals surface area (Å²) in [5, 5.41) is 29.5. The van der Waals surface area contributed by atoms with Crippen LogP contribution in [0.15, 0.2) is 47.2 Å². The Balaban J connectivity index is 2.29. The molecule has 0 fully saturated rings. The zero-order valence-electron chi connectivity index (χ0n) is 12.0. The molecule has 4 nitrogen and oxygen atoms in total. The number of hydrogen-bond donors (Lipinski definition) is 1. The second kappa shape index (κ2) is 5.67. The number of allylic oxidation sites excluding steroid dienone is 2. The highest BCUT2D eigenvalue weighted by atomic mass is 35.5. The zero-order chi connectivity index (χ0) is 16.6. The summed E-state index contributed by atoms with van der Waals surface area (Å²) in [4.78, 5) is 0. The summed E-state index contributed by atoms with van der Waals surface area (Å²) in [6, 6.07) is 13.4. The third kappa shape index (κ3) is 2.12. The van der Waals surface area contributed by atoms with Crippen LogP contribution in [-0.4, -0.2) is 11.0 Å². The maximum absolute atomic E-state index is 9.78. The van der Waals surface area contributed by atoms with E-state index in [0.29, 0.717) is 5.02 Å². The molecule has 0 unspecified atom stereocenters. The molecule has 0 bridgehead atoms. The van der Waals surface area contributed by atoms with E-state index in [4.69, 9.17) is 17.3 Å². The molecule has 1 aliphatic carbocycles. The third-order valence-corrected chi connectivity index (χ3v) is 5.83. The van der Waals surface area contributed by atoms with Crippen LogP contribution in [0, 0.1) is 39.4 Å². The van der Waals surface area contributed by atoms with E-state index in [1.165, 1.54) is 0 Å². The van der Waals surface area contributed by atoms with Crippen LogP contribution in [0.2, 0.25) is 5.02 Å². The van der Waals surface area contributed by atoms with Crippen molar-refractivity contribution in [3.05, 3.63) is 57.8 Å². The van der Waals surface area contributed by atoms with Crippen LogP contribution >= 0.6 is 23.4 Å². The molecule has 0 saturated heterocycles. The predicted molar refractivity (Wildman–Crippen MR) is 89.0 cm³/mol. The van der Waals surface area contributed by atoms with Gasteiger partial charge in [0.2, 0.25) is 0 Å². The van der Waals surface area contributed by atoms with Gasteiger partial charge in [0, 0.05) is 21.9 Å². The van der Waals surface area contributed by atoms with E-state index in [-0.39, 0.29) is 16.5 Å². The van der Waals surface area contributed by atoms with Crippen molar-refractivity contribution in [2.24, 2.45) is 11.1 Å². The topological polar surface area (TPSA) is 97.4 Å². The maximum Gasteiger partial charge on any atom is 0.192 e. The first-order valence-corrected chi connectivity index (χ1v) is 8.32. The number of hydrogen-bond acceptors (Lipinski definition) is 5. The van der Waals surface area contributed by atoms with E-state index < -0.39 is 11.3 Å². The molecular weight excluding hydrogens is 328 g/mol. The van der Waals surface area contributed by atoms with Gasteiger partial charge in [-0.25, -0.2) is 0 Å². The Morgan fingerprint density at radius 3 is 2.39 bits per heavy atom. The number of halogens is 1. The van der Waals surface area contributed by atoms with Crippen LogP contribution in [0.1, 0.15) is 11.5 Å². The Kier molecular flexibility index (Phi) is 3.82. The molecule has 2 aliphatic rings. The van der Waals surface area contributed by atoms with Gasteiger partial charge in [0.1, 0.15) is 6.07 Å². The molecule has 23 heavy (non-hydrogen) atoms. The summed E-state index contributed by atoms with van der Waals surface area (Å²) < 4.78 is 0. The minimum Gasteiger partial charge on any atom is -0.399 e. The molecule has 0 radical (unpaired) electrons. The number of nitrogens with two attached hydrogens (primary N) is 1. The molecule has 1 aromatic rings. The molecule has 2 N–H and O–H groups in total. The Morgan fingerprint density at radius 2 is 1.83 bits per heavy atom. The SMILES string of the molecule is N#CC1=C(N)C(C#N)(C#N)[C@@H](c2ccc(Cl)cc2)[C@@H]2SCC=C12. The van der Waals surface area contributed by atoms with Gasteiger partial charge in [0.05, 0.1) is 23.4 Å². The highest BCUT2D eigenvalue weighted by Gasteiger charge is 2.54. The molecule has 3 rings (SSSR count). The molecule has 0 aromatic heterocycles. The molecule has 112 valence electrons. The lowest BCUT2D eigenvalue weighted by Gasteiger charge is -2.39. The molecule has 0 saturated carbocycles. The van der Waals surface area contributed by atoms with Gasteiger partial charge < -0.3 is 5.73 Å². The van der Waals surface area contributed by atoms with Gasteiger partial charge in [0.15, 0.2) is 5.41 Å². The Bertz CT molecular complexity index is 835. The summed E-state index contributed by atoms with van der Waals surface area (Å²) in [7, 11) is 0. The fourth-order valence-electron chi connectivity index (χ4n) is 3.22. The van der Waals surface area contributed by atoms with E-state index in [1.807, 2.05) is 18.2 Å². The van der Waals surface area contributed by atoms with Crippen molar-refractivity contribution in [3.63, 3.8) is 0 Å². The van der Waals surface area contributed by atoms with Crippen LogP contribution in [0.5, 0.6) is 0 Å². The van der Waals surface area contributed by atoms with E-state index in [9.17, 15) is 15.8 Å². The molecule has 1 aliphatic heterocycles. The zero-order valence-corrected chi connectivity index (χ0v) is 13.5. The van der Waals surface area contributed by atoms with Gasteiger partial charge in [-0.05, 0) is 23.3 Å². The number of nitriles is 3. The molecule has 1 aromatic carbocycles. The van der Waals surface area contributed by atoms with Gasteiger partial charge in [-0.1, -0.05) is 29.8 Å². The lowest BCUT2D eigenvalue weighted by atomic mass is 9.63. The first-order chi connectivity index (χ1) is 11.1. The average molecular weight is 339 g/mol. The molecule has 1 heterocycles. The number of rotatable bonds is 1. The van der Waals surface area contributed by atoms with Crippen molar-refractivity contribution >= 4 is 23.4 Å². The van der Waals surface area contributed by atoms with Crippen LogP contribution in [0.25, 0.3) is 0 Å². The minimum absolute atomic E-state index is 0.0509. The van der Waals surface area contributed by atoms with Crippen molar-refractivity contribution in [1.82, 2.24) is 0 Å². The third-order valence-electron chi connectivity index (χ3n) is 4.33. The normalized spacial score (nSPS) is 24.9. The lowest BCUT2D eigenvalue weighted by molar-refractivity contribution is 0.457. The maximum atomic E-state index is 9.78. The van der Waals surface area contributed by atoms with Crippen LogP contribution in [0.4, 0.5) is 0 Å². The van der Waals surface area contributed by atoms with E-state index in [2.05, 4.69) is 18.2 Å². The summed E-state index contributed by atoms with van der Waals surface area (Å²) in [5.74, 6) is 0.292. The molecule has 6 heteroatoms. The summed E-state index contributed by atoms with van der Waals surface area (Å²) >= 11 is 7.57. The van der Waals surface area contributed by atoms with E-state index >= 15 is 0 Å². The average Bonchev–Trinajstić information content (AvgIpc) is 3.04. The monoisotopic (exact) mass is 338 g/mol. The van der Waals surface area contributed by atoms with Gasteiger partial charge in [0.25, 0.3) is 0 Å². The van der Waals surface area contributed by atoms with Gasteiger partial charge >= 0.3 is 0 Å². The number of fused-ring (bicyclic) bond motifs is 1. The first kappa shape index (κ1) is 15.5. The number of benzene rings is 1. The number of nitrogens with zero attached hydrogens (tertiary/aromatic N) is 3. The van der Waals surface area contributed by atoms with Crippen molar-refractivity contribution in [2.45, 2.75) is 11.2 Å². The fraction of sp³-hybridized carbons (Fsp3) is 0.235. The Morgan fingerprint density at radius 1 is 1.17 bits per heavy atom. The smallest absolute Gasteiger partial charge is 0.192 e. The highest BCUT2D eigenvalue weighted by molar-refractivity contribution is 8.00. The van der Waals surface area contributed by atoms with Crippen LogP contribution < -0.4 is 5.73 Å². The molecule has 0 spiro atoms. The van der Waals surface area contributed by atoms with Crippen LogP contribution in [-0.2, 0) is 0 Å². The van der Waals surface area contributed by atoms with Crippen molar-refractivity contribution in [1.29, 1.82) is 15.8 Å². The Hall–Kier alpha value is -2.39. The van der Waals surface area contributed by atoms with E-state index in [0.717, 1.165) is 16.9 Å². The largest absolute Gasteiger partial charge is 0.399 e. The summed E-state index contributed by atoms with van der Waals surface area (Å²) in [5.41, 5.74) is 6.56. The second-order valence-corrected chi connectivity index (χ2v) is 6.99. The molecular formula is C17H11ClN4S. The molecule has 0 amide bonds. The second-order valence-electron chi connectivity index (χ2n) is 5.37. The lowest BCUT2D eigenvalue weighted by Crippen LogP contribution is -2.42. The predicted octanol–water partition coefficient (Wildman–Crippen LogP) is 3.25. The summed E-state index contributed by atoms with van der Waals surface area (Å²) in [6.07, 6.45) is 1.96. The number of thioether (sulfide) groups is 1. The fourth-order valence-corrected chi connectivity index (χ4v) is 4.78. The quantitative estimate of drug-likeness (QED) is 0.847. The van der Waals surface area contributed by atoms with E-state index in [1.54, 1.807) is 23.9 Å².